The van der Waals surface area contributed by atoms with E-state index in [4.69, 9.17) is 16.3 Å². The van der Waals surface area contributed by atoms with Gasteiger partial charge in [-0.1, -0.05) is 24.9 Å². The van der Waals surface area contributed by atoms with Gasteiger partial charge in [-0.2, -0.15) is 0 Å². The lowest BCUT2D eigenvalue weighted by Gasteiger charge is -2.06. The highest BCUT2D eigenvalue weighted by molar-refractivity contribution is 7.17. The zero-order chi connectivity index (χ0) is 13.1. The highest BCUT2D eigenvalue weighted by Gasteiger charge is 2.20. The maximum absolute atomic E-state index is 11.8. The Labute approximate surface area is 113 Å². The van der Waals surface area contributed by atoms with E-state index in [-0.39, 0.29) is 16.6 Å². The molecule has 0 saturated heterocycles. The number of rotatable bonds is 4. The van der Waals surface area contributed by atoms with E-state index in [1.165, 1.54) is 11.3 Å². The largest absolute Gasteiger partial charge is 0.505 e. The summed E-state index contributed by atoms with van der Waals surface area (Å²) in [7, 11) is 0. The number of unbranched alkanes of at least 4 members (excludes halogenated alkanes) is 1. The zero-order valence-corrected chi connectivity index (χ0v) is 11.3. The zero-order valence-electron chi connectivity index (χ0n) is 9.77. The Morgan fingerprint density at radius 3 is 3.11 bits per heavy atom. The van der Waals surface area contributed by atoms with Gasteiger partial charge in [-0.05, 0) is 17.9 Å². The van der Waals surface area contributed by atoms with Gasteiger partial charge in [-0.3, -0.25) is 0 Å². The molecule has 6 heteroatoms. The van der Waals surface area contributed by atoms with Crippen LogP contribution in [0.5, 0.6) is 5.75 Å². The maximum Gasteiger partial charge on any atom is 0.360 e. The lowest BCUT2D eigenvalue weighted by molar-refractivity contribution is 0.0489. The Hall–Kier alpha value is -1.33. The Bertz CT molecular complexity index is 582. The molecule has 0 aromatic carbocycles. The molecule has 0 aliphatic heterocycles. The number of pyridine rings is 1. The number of halogens is 1. The van der Waals surface area contributed by atoms with Gasteiger partial charge in [0.25, 0.3) is 0 Å². The Balaban J connectivity index is 2.33. The second kappa shape index (κ2) is 5.54. The average molecular weight is 286 g/mol. The van der Waals surface area contributed by atoms with Gasteiger partial charge in [0.05, 0.1) is 11.3 Å². The monoisotopic (exact) mass is 285 g/mol. The quantitative estimate of drug-likeness (QED) is 0.529. The van der Waals surface area contributed by atoms with Gasteiger partial charge in [0, 0.05) is 5.39 Å². The normalized spacial score (nSPS) is 10.8. The van der Waals surface area contributed by atoms with Crippen LogP contribution in [0.1, 0.15) is 30.3 Å². The first-order valence-electron chi connectivity index (χ1n) is 5.58. The lowest BCUT2D eigenvalue weighted by atomic mass is 10.2. The number of hydrogen-bond donors (Lipinski definition) is 1. The van der Waals surface area contributed by atoms with Crippen molar-refractivity contribution in [2.45, 2.75) is 19.8 Å². The van der Waals surface area contributed by atoms with Gasteiger partial charge < -0.3 is 9.84 Å². The summed E-state index contributed by atoms with van der Waals surface area (Å²) in [6.07, 6.45) is 1.71. The van der Waals surface area contributed by atoms with Crippen molar-refractivity contribution in [2.24, 2.45) is 0 Å². The van der Waals surface area contributed by atoms with Crippen LogP contribution in [0.4, 0.5) is 0 Å². The number of esters is 1. The molecule has 0 atom stereocenters. The molecule has 0 unspecified atom stereocenters. The first-order valence-corrected chi connectivity index (χ1v) is 6.83. The number of hydrogen-bond acceptors (Lipinski definition) is 5. The number of thiophene rings is 1. The van der Waals surface area contributed by atoms with Crippen molar-refractivity contribution in [3.63, 3.8) is 0 Å². The fraction of sp³-hybridized carbons (Fsp3) is 0.333. The third-order valence-corrected chi connectivity index (χ3v) is 3.77. The summed E-state index contributed by atoms with van der Waals surface area (Å²) in [5.41, 5.74) is -0.123. The number of aromatic nitrogens is 1. The molecule has 0 amide bonds. The highest BCUT2D eigenvalue weighted by atomic mass is 35.5. The molecular weight excluding hydrogens is 274 g/mol. The first kappa shape index (κ1) is 13.1. The van der Waals surface area contributed by atoms with Crippen LogP contribution in [0.2, 0.25) is 5.15 Å². The van der Waals surface area contributed by atoms with Gasteiger partial charge in [0.15, 0.2) is 11.4 Å². The van der Waals surface area contributed by atoms with Crippen molar-refractivity contribution in [3.05, 3.63) is 22.3 Å². The van der Waals surface area contributed by atoms with Crippen molar-refractivity contribution in [3.8, 4) is 5.75 Å². The average Bonchev–Trinajstić information content (AvgIpc) is 2.84. The summed E-state index contributed by atoms with van der Waals surface area (Å²) in [6.45, 7) is 2.31. The van der Waals surface area contributed by atoms with Crippen molar-refractivity contribution < 1.29 is 14.6 Å². The number of aromatic hydroxyl groups is 1. The third-order valence-electron chi connectivity index (χ3n) is 2.47. The van der Waals surface area contributed by atoms with Crippen LogP contribution in [-0.4, -0.2) is 22.7 Å². The van der Waals surface area contributed by atoms with E-state index in [0.29, 0.717) is 16.7 Å². The fourth-order valence-corrected chi connectivity index (χ4v) is 2.60. The molecule has 1 N–H and O–H groups in total. The molecule has 0 radical (unpaired) electrons. The van der Waals surface area contributed by atoms with Crippen LogP contribution >= 0.6 is 22.9 Å². The van der Waals surface area contributed by atoms with Crippen molar-refractivity contribution in [1.82, 2.24) is 4.98 Å². The van der Waals surface area contributed by atoms with Crippen molar-refractivity contribution >= 4 is 39.0 Å². The maximum atomic E-state index is 11.8. The van der Waals surface area contributed by atoms with Crippen molar-refractivity contribution in [1.29, 1.82) is 0 Å². The van der Waals surface area contributed by atoms with E-state index in [9.17, 15) is 9.90 Å². The number of fused-ring (bicyclic) bond motifs is 1. The Morgan fingerprint density at radius 1 is 1.61 bits per heavy atom. The molecule has 2 aromatic heterocycles. The SMILES string of the molecule is CCCCOC(=O)c1nc(Cl)c2sccc2c1O. The van der Waals surface area contributed by atoms with Gasteiger partial charge >= 0.3 is 5.97 Å². The third kappa shape index (κ3) is 2.42. The molecule has 0 bridgehead atoms. The molecule has 2 rings (SSSR count). The summed E-state index contributed by atoms with van der Waals surface area (Å²) in [4.78, 5) is 15.7. The fourth-order valence-electron chi connectivity index (χ4n) is 1.50. The second-order valence-corrected chi connectivity index (χ2v) is 5.03. The topological polar surface area (TPSA) is 59.4 Å². The number of carbonyl (C=O) groups excluding carboxylic acids is 1. The van der Waals surface area contributed by atoms with Gasteiger partial charge in [-0.15, -0.1) is 11.3 Å². The van der Waals surface area contributed by atoms with Crippen LogP contribution < -0.4 is 0 Å². The van der Waals surface area contributed by atoms with E-state index in [2.05, 4.69) is 4.98 Å². The number of carbonyl (C=O) groups is 1. The van der Waals surface area contributed by atoms with Crippen molar-refractivity contribution in [2.75, 3.05) is 6.61 Å². The second-order valence-electron chi connectivity index (χ2n) is 3.75. The van der Waals surface area contributed by atoms with Crippen LogP contribution in [0.25, 0.3) is 10.1 Å². The molecule has 0 aliphatic rings. The summed E-state index contributed by atoms with van der Waals surface area (Å²) < 4.78 is 5.68. The molecule has 18 heavy (non-hydrogen) atoms. The summed E-state index contributed by atoms with van der Waals surface area (Å²) in [5, 5.41) is 12.5. The molecule has 96 valence electrons. The van der Waals surface area contributed by atoms with E-state index in [1.807, 2.05) is 6.92 Å². The molecule has 4 nitrogen and oxygen atoms in total. The summed E-state index contributed by atoms with van der Waals surface area (Å²) in [5.74, 6) is -0.812. The highest BCUT2D eigenvalue weighted by Crippen LogP contribution is 2.35. The van der Waals surface area contributed by atoms with Crippen LogP contribution in [0.15, 0.2) is 11.4 Å². The molecular formula is C12H12ClNO3S. The van der Waals surface area contributed by atoms with Crippen LogP contribution in [0.3, 0.4) is 0 Å². The van der Waals surface area contributed by atoms with Gasteiger partial charge in [0.1, 0.15) is 5.15 Å². The minimum absolute atomic E-state index is 0.123. The minimum Gasteiger partial charge on any atom is -0.505 e. The first-order chi connectivity index (χ1) is 8.65. The molecule has 2 aromatic rings. The van der Waals surface area contributed by atoms with Gasteiger partial charge in [-0.25, -0.2) is 9.78 Å². The molecule has 0 saturated carbocycles. The molecule has 0 fully saturated rings. The minimum atomic E-state index is -0.643. The summed E-state index contributed by atoms with van der Waals surface area (Å²) >= 11 is 7.32. The van der Waals surface area contributed by atoms with E-state index in [0.717, 1.165) is 12.8 Å². The van der Waals surface area contributed by atoms with E-state index < -0.39 is 5.97 Å². The predicted octanol–water partition coefficient (Wildman–Crippen LogP) is 3.61. The predicted molar refractivity (Wildman–Crippen MR) is 71.5 cm³/mol. The summed E-state index contributed by atoms with van der Waals surface area (Å²) in [6, 6.07) is 1.70. The number of nitrogens with zero attached hydrogens (tertiary/aromatic N) is 1. The molecule has 2 heterocycles. The Morgan fingerprint density at radius 2 is 2.39 bits per heavy atom. The van der Waals surface area contributed by atoms with Crippen LogP contribution in [-0.2, 0) is 4.74 Å². The Kier molecular flexibility index (Phi) is 4.04. The van der Waals surface area contributed by atoms with E-state index in [1.54, 1.807) is 11.4 Å². The number of ether oxygens (including phenoxy) is 1. The smallest absolute Gasteiger partial charge is 0.360 e. The standard InChI is InChI=1S/C12H12ClNO3S/c1-2-3-5-17-12(16)8-9(15)7-4-6-18-10(7)11(13)14-8/h4,6,15H,2-3,5H2,1H3. The molecule has 0 aliphatic carbocycles. The van der Waals surface area contributed by atoms with Crippen LogP contribution in [0, 0.1) is 0 Å². The molecule has 0 spiro atoms. The van der Waals surface area contributed by atoms with Gasteiger partial charge in [0.2, 0.25) is 0 Å². The van der Waals surface area contributed by atoms with E-state index >= 15 is 0 Å². The lowest BCUT2D eigenvalue weighted by Crippen LogP contribution is -2.09.